The van der Waals surface area contributed by atoms with Crippen LogP contribution < -0.4 is 11.1 Å². The first-order valence-electron chi connectivity index (χ1n) is 9.89. The maximum absolute atomic E-state index is 11.9. The van der Waals surface area contributed by atoms with Crippen molar-refractivity contribution in [3.8, 4) is 0 Å². The van der Waals surface area contributed by atoms with Crippen molar-refractivity contribution in [1.82, 2.24) is 14.9 Å². The van der Waals surface area contributed by atoms with E-state index in [1.165, 1.54) is 6.42 Å². The molecule has 3 N–H and O–H groups in total. The molecule has 1 aromatic heterocycles. The molecule has 150 valence electrons. The molecular formula is C22H24ClN5O. The van der Waals surface area contributed by atoms with Crippen LogP contribution in [0.1, 0.15) is 41.1 Å². The number of nitrogens with one attached hydrogen (secondary N) is 1. The summed E-state index contributed by atoms with van der Waals surface area (Å²) in [5.41, 5.74) is 7.67. The van der Waals surface area contributed by atoms with Gasteiger partial charge in [0, 0.05) is 23.4 Å². The fourth-order valence-corrected chi connectivity index (χ4v) is 3.81. The molecule has 1 aliphatic rings. The largest absolute Gasteiger partial charge is 0.366 e. The number of rotatable bonds is 7. The highest BCUT2D eigenvalue weighted by Gasteiger charge is 2.23. The number of amides is 1. The van der Waals surface area contributed by atoms with Gasteiger partial charge in [0.25, 0.3) is 5.91 Å². The van der Waals surface area contributed by atoms with E-state index in [1.807, 2.05) is 37.3 Å². The number of primary amides is 1. The van der Waals surface area contributed by atoms with Gasteiger partial charge < -0.3 is 16.0 Å². The summed E-state index contributed by atoms with van der Waals surface area (Å²) in [5, 5.41) is 5.09. The van der Waals surface area contributed by atoms with E-state index in [0.717, 1.165) is 30.6 Å². The molecule has 3 aromatic rings. The number of aromatic nitrogens is 2. The van der Waals surface area contributed by atoms with Gasteiger partial charge in [-0.2, -0.15) is 0 Å². The molecule has 0 bridgehead atoms. The highest BCUT2D eigenvalue weighted by Crippen LogP contribution is 2.29. The number of anilines is 1. The highest BCUT2D eigenvalue weighted by molar-refractivity contribution is 6.30. The quantitative estimate of drug-likeness (QED) is 0.620. The van der Waals surface area contributed by atoms with Gasteiger partial charge >= 0.3 is 0 Å². The zero-order chi connectivity index (χ0) is 20.4. The summed E-state index contributed by atoms with van der Waals surface area (Å²) in [6.45, 7) is 5.03. The second kappa shape index (κ2) is 8.35. The summed E-state index contributed by atoms with van der Waals surface area (Å²) in [7, 11) is 0. The molecule has 1 aliphatic heterocycles. The Kier molecular flexibility index (Phi) is 5.65. The molecule has 1 fully saturated rings. The van der Waals surface area contributed by atoms with E-state index in [0.29, 0.717) is 34.2 Å². The number of halogens is 1. The van der Waals surface area contributed by atoms with E-state index in [2.05, 4.69) is 21.3 Å². The summed E-state index contributed by atoms with van der Waals surface area (Å²) in [4.78, 5) is 23.6. The molecule has 1 atom stereocenters. The van der Waals surface area contributed by atoms with Crippen molar-refractivity contribution in [2.45, 2.75) is 25.8 Å². The van der Waals surface area contributed by atoms with E-state index in [1.54, 1.807) is 6.07 Å². The predicted octanol–water partition coefficient (Wildman–Crippen LogP) is 3.80. The van der Waals surface area contributed by atoms with Crippen LogP contribution in [0.15, 0.2) is 42.5 Å². The maximum atomic E-state index is 11.9. The normalized spacial score (nSPS) is 15.1. The van der Waals surface area contributed by atoms with Crippen molar-refractivity contribution in [3.05, 3.63) is 64.4 Å². The van der Waals surface area contributed by atoms with Crippen LogP contribution in [-0.4, -0.2) is 40.4 Å². The number of hydrogen-bond acceptors (Lipinski definition) is 5. The van der Waals surface area contributed by atoms with Gasteiger partial charge in [0.1, 0.15) is 11.6 Å². The van der Waals surface area contributed by atoms with Crippen molar-refractivity contribution in [2.75, 3.05) is 25.0 Å². The van der Waals surface area contributed by atoms with E-state index < -0.39 is 5.91 Å². The van der Waals surface area contributed by atoms with Crippen LogP contribution >= 0.6 is 11.6 Å². The molecule has 6 nitrogen and oxygen atoms in total. The van der Waals surface area contributed by atoms with E-state index >= 15 is 0 Å². The van der Waals surface area contributed by atoms with Crippen LogP contribution in [0.2, 0.25) is 5.02 Å². The fourth-order valence-electron chi connectivity index (χ4n) is 3.61. The molecule has 7 heteroatoms. The van der Waals surface area contributed by atoms with Gasteiger partial charge in [-0.25, -0.2) is 9.97 Å². The highest BCUT2D eigenvalue weighted by atomic mass is 35.5. The van der Waals surface area contributed by atoms with Gasteiger partial charge in [0.2, 0.25) is 0 Å². The lowest BCUT2D eigenvalue weighted by molar-refractivity contribution is 0.100. The van der Waals surface area contributed by atoms with E-state index in [4.69, 9.17) is 22.3 Å². The van der Waals surface area contributed by atoms with Crippen molar-refractivity contribution in [3.63, 3.8) is 0 Å². The molecule has 1 amide bonds. The molecule has 0 unspecified atom stereocenters. The molecule has 0 saturated carbocycles. The van der Waals surface area contributed by atoms with Crippen LogP contribution in [-0.2, 0) is 6.42 Å². The van der Waals surface area contributed by atoms with Crippen molar-refractivity contribution >= 4 is 34.2 Å². The van der Waals surface area contributed by atoms with Gasteiger partial charge in [0.05, 0.1) is 17.1 Å². The molecule has 2 heterocycles. The van der Waals surface area contributed by atoms with Gasteiger partial charge in [-0.15, -0.1) is 0 Å². The molecular weight excluding hydrogens is 386 g/mol. The first kappa shape index (κ1) is 19.6. The average Bonchev–Trinajstić information content (AvgIpc) is 2.68. The number of hydrogen-bond donors (Lipinski definition) is 2. The summed E-state index contributed by atoms with van der Waals surface area (Å²) >= 11 is 6.26. The summed E-state index contributed by atoms with van der Waals surface area (Å²) in [6, 6.07) is 13.3. The Balaban J connectivity index is 1.78. The van der Waals surface area contributed by atoms with Crippen LogP contribution in [0.4, 0.5) is 5.82 Å². The van der Waals surface area contributed by atoms with Crippen LogP contribution in [0.3, 0.4) is 0 Å². The molecule has 1 saturated heterocycles. The molecule has 29 heavy (non-hydrogen) atoms. The smallest absolute Gasteiger partial charge is 0.250 e. The number of carbonyl (C=O) groups excluding carboxylic acids is 1. The third-order valence-electron chi connectivity index (χ3n) is 5.31. The molecule has 0 aliphatic carbocycles. The Hall–Kier alpha value is -2.70. The lowest BCUT2D eigenvalue weighted by Gasteiger charge is -2.35. The number of benzene rings is 2. The van der Waals surface area contributed by atoms with Crippen molar-refractivity contribution < 1.29 is 4.79 Å². The maximum Gasteiger partial charge on any atom is 0.250 e. The first-order valence-corrected chi connectivity index (χ1v) is 10.3. The van der Waals surface area contributed by atoms with Crippen LogP contribution in [0.5, 0.6) is 0 Å². The Bertz CT molecular complexity index is 1050. The third kappa shape index (κ3) is 4.18. The molecule has 4 rings (SSSR count). The van der Waals surface area contributed by atoms with Gasteiger partial charge in [0.15, 0.2) is 0 Å². The van der Waals surface area contributed by atoms with E-state index in [9.17, 15) is 4.79 Å². The minimum absolute atomic E-state index is 0.00837. The zero-order valence-corrected chi connectivity index (χ0v) is 17.1. The summed E-state index contributed by atoms with van der Waals surface area (Å²) in [6.07, 6.45) is 1.88. The Morgan fingerprint density at radius 1 is 1.24 bits per heavy atom. The number of fused-ring (bicyclic) bond motifs is 1. The number of nitrogens with zero attached hydrogens (tertiary/aromatic N) is 3. The second-order valence-electron chi connectivity index (χ2n) is 7.31. The van der Waals surface area contributed by atoms with Crippen molar-refractivity contribution in [2.24, 2.45) is 5.73 Å². The Labute approximate surface area is 175 Å². The zero-order valence-electron chi connectivity index (χ0n) is 16.4. The lowest BCUT2D eigenvalue weighted by atomic mass is 10.0. The third-order valence-corrected chi connectivity index (χ3v) is 5.54. The fraction of sp³-hybridized carbons (Fsp3) is 0.318. The average molecular weight is 410 g/mol. The molecule has 2 aromatic carbocycles. The first-order chi connectivity index (χ1) is 14.0. The van der Waals surface area contributed by atoms with Crippen LogP contribution in [0, 0.1) is 0 Å². The number of para-hydroxylation sites is 1. The minimum Gasteiger partial charge on any atom is -0.366 e. The Morgan fingerprint density at radius 3 is 2.69 bits per heavy atom. The standard InChI is InChI=1S/C22H24ClN5O/c1-2-19-26-20-16(21(24)29)8-4-9-17(20)22(27-19)25-18(13-28-10-5-11-28)14-6-3-7-15(23)12-14/h3-4,6-9,12,18H,2,5,10-11,13H2,1H3,(H2,24,29)(H,25,26,27)/t18-/m1/s1. The van der Waals surface area contributed by atoms with E-state index in [-0.39, 0.29) is 6.04 Å². The number of likely N-dealkylation sites (tertiary alicyclic amines) is 1. The topological polar surface area (TPSA) is 84.1 Å². The molecule has 0 radical (unpaired) electrons. The van der Waals surface area contributed by atoms with Gasteiger partial charge in [-0.3, -0.25) is 4.79 Å². The number of nitrogens with two attached hydrogens (primary N) is 1. The Morgan fingerprint density at radius 2 is 2.03 bits per heavy atom. The molecule has 0 spiro atoms. The second-order valence-corrected chi connectivity index (χ2v) is 7.75. The number of aryl methyl sites for hydroxylation is 1. The van der Waals surface area contributed by atoms with Crippen LogP contribution in [0.25, 0.3) is 10.9 Å². The van der Waals surface area contributed by atoms with Crippen molar-refractivity contribution in [1.29, 1.82) is 0 Å². The summed E-state index contributed by atoms with van der Waals surface area (Å²) in [5.74, 6) is 0.886. The SMILES string of the molecule is CCc1nc(N[C@H](CN2CCC2)c2cccc(Cl)c2)c2cccc(C(N)=O)c2n1. The lowest BCUT2D eigenvalue weighted by Crippen LogP contribution is -2.41. The minimum atomic E-state index is -0.491. The van der Waals surface area contributed by atoms with Gasteiger partial charge in [-0.05, 0) is 49.3 Å². The predicted molar refractivity (Wildman–Crippen MR) is 116 cm³/mol. The van der Waals surface area contributed by atoms with Gasteiger partial charge in [-0.1, -0.05) is 36.7 Å². The summed E-state index contributed by atoms with van der Waals surface area (Å²) < 4.78 is 0. The monoisotopic (exact) mass is 409 g/mol. The number of carbonyl (C=O) groups is 1.